The first-order valence-electron chi connectivity index (χ1n) is 12.3. The van der Waals surface area contributed by atoms with Gasteiger partial charge in [0.2, 0.25) is 11.8 Å². The topological polar surface area (TPSA) is 101 Å². The number of rotatable bonds is 6. The molecule has 1 aliphatic heterocycles. The standard InChI is InChI=1S/C27H26F2N6O3S/c1-16(25(36)33-23-12-31-24(13-30-23)38-21-7-5-18(28)11-19(21)29)34-8-9-35(27(2,3)14-34)26(37)17-4-6-20-22(10-17)39-15-32-20/h4-7,10-13,15-16H,8-9,14H2,1-3H3,(H,30,33,36)/t16-/m0/s1. The van der Waals surface area contributed by atoms with Crippen LogP contribution in [0.5, 0.6) is 11.6 Å². The van der Waals surface area contributed by atoms with Crippen molar-refractivity contribution in [2.45, 2.75) is 32.4 Å². The number of piperazine rings is 1. The molecule has 2 aromatic carbocycles. The van der Waals surface area contributed by atoms with Crippen LogP contribution in [0.25, 0.3) is 10.2 Å². The summed E-state index contributed by atoms with van der Waals surface area (Å²) >= 11 is 1.50. The van der Waals surface area contributed by atoms with Crippen molar-refractivity contribution in [3.63, 3.8) is 0 Å². The van der Waals surface area contributed by atoms with Gasteiger partial charge in [0.1, 0.15) is 5.82 Å². The Balaban J connectivity index is 1.19. The number of anilines is 1. The lowest BCUT2D eigenvalue weighted by Gasteiger charge is -2.48. The number of hydrogen-bond donors (Lipinski definition) is 1. The molecule has 202 valence electrons. The van der Waals surface area contributed by atoms with Crippen molar-refractivity contribution in [3.05, 3.63) is 71.5 Å². The average Bonchev–Trinajstić information content (AvgIpc) is 3.38. The van der Waals surface area contributed by atoms with Crippen LogP contribution in [0, 0.1) is 11.6 Å². The van der Waals surface area contributed by atoms with Crippen LogP contribution >= 0.6 is 11.3 Å². The molecular weight excluding hydrogens is 526 g/mol. The Labute approximate surface area is 227 Å². The van der Waals surface area contributed by atoms with Crippen molar-refractivity contribution in [3.8, 4) is 11.6 Å². The largest absolute Gasteiger partial charge is 0.434 e. The summed E-state index contributed by atoms with van der Waals surface area (Å²) in [5.74, 6) is -1.93. The number of nitrogens with zero attached hydrogens (tertiary/aromatic N) is 5. The number of hydrogen-bond acceptors (Lipinski definition) is 8. The van der Waals surface area contributed by atoms with Crippen LogP contribution in [0.4, 0.5) is 14.6 Å². The number of nitrogens with one attached hydrogen (secondary N) is 1. The molecule has 2 amide bonds. The van der Waals surface area contributed by atoms with Crippen molar-refractivity contribution in [1.29, 1.82) is 0 Å². The Hall–Kier alpha value is -4.03. The molecule has 0 bridgehead atoms. The molecule has 1 fully saturated rings. The first-order valence-corrected chi connectivity index (χ1v) is 13.1. The molecule has 12 heteroatoms. The van der Waals surface area contributed by atoms with E-state index in [1.807, 2.05) is 35.8 Å². The van der Waals surface area contributed by atoms with E-state index in [2.05, 4.69) is 20.3 Å². The van der Waals surface area contributed by atoms with E-state index < -0.39 is 23.2 Å². The monoisotopic (exact) mass is 552 g/mol. The normalized spacial score (nSPS) is 16.2. The molecule has 2 aromatic heterocycles. The quantitative estimate of drug-likeness (QED) is 0.369. The van der Waals surface area contributed by atoms with Crippen molar-refractivity contribution in [2.24, 2.45) is 0 Å². The van der Waals surface area contributed by atoms with E-state index in [0.717, 1.165) is 22.3 Å². The number of benzene rings is 2. The molecule has 1 aliphatic rings. The van der Waals surface area contributed by atoms with Gasteiger partial charge in [-0.05, 0) is 51.1 Å². The maximum Gasteiger partial charge on any atom is 0.254 e. The SMILES string of the molecule is C[C@@H](C(=O)Nc1cnc(Oc2ccc(F)cc2F)cn1)N1CCN(C(=O)c2ccc3ncsc3c2)C(C)(C)C1. The second-order valence-corrected chi connectivity index (χ2v) is 10.7. The van der Waals surface area contributed by atoms with Crippen LogP contribution in [-0.4, -0.2) is 67.8 Å². The zero-order valence-electron chi connectivity index (χ0n) is 21.5. The van der Waals surface area contributed by atoms with Crippen LogP contribution in [-0.2, 0) is 4.79 Å². The summed E-state index contributed by atoms with van der Waals surface area (Å²) in [5.41, 5.74) is 2.74. The van der Waals surface area contributed by atoms with Gasteiger partial charge in [0.25, 0.3) is 5.91 Å². The third kappa shape index (κ3) is 5.71. The van der Waals surface area contributed by atoms with Crippen molar-refractivity contribution < 1.29 is 23.1 Å². The minimum Gasteiger partial charge on any atom is -0.434 e. The zero-order valence-corrected chi connectivity index (χ0v) is 22.3. The maximum atomic E-state index is 13.8. The van der Waals surface area contributed by atoms with Gasteiger partial charge in [0, 0.05) is 31.3 Å². The summed E-state index contributed by atoms with van der Waals surface area (Å²) in [4.78, 5) is 42.6. The lowest BCUT2D eigenvalue weighted by Crippen LogP contribution is -2.63. The van der Waals surface area contributed by atoms with E-state index in [4.69, 9.17) is 4.74 Å². The summed E-state index contributed by atoms with van der Waals surface area (Å²) in [6.07, 6.45) is 2.53. The summed E-state index contributed by atoms with van der Waals surface area (Å²) < 4.78 is 33.1. The van der Waals surface area contributed by atoms with E-state index >= 15 is 0 Å². The Bertz CT molecular complexity index is 1530. The Morgan fingerprint density at radius 2 is 1.90 bits per heavy atom. The smallest absolute Gasteiger partial charge is 0.254 e. The van der Waals surface area contributed by atoms with E-state index in [0.29, 0.717) is 31.3 Å². The molecule has 4 aromatic rings. The molecule has 0 saturated carbocycles. The fourth-order valence-electron chi connectivity index (χ4n) is 4.54. The highest BCUT2D eigenvalue weighted by Gasteiger charge is 2.39. The van der Waals surface area contributed by atoms with Gasteiger partial charge >= 0.3 is 0 Å². The molecule has 1 atom stereocenters. The first kappa shape index (κ1) is 26.6. The number of thiazole rings is 1. The van der Waals surface area contributed by atoms with Crippen LogP contribution in [0.2, 0.25) is 0 Å². The van der Waals surface area contributed by atoms with Gasteiger partial charge in [-0.25, -0.2) is 23.7 Å². The first-order chi connectivity index (χ1) is 18.6. The van der Waals surface area contributed by atoms with Crippen molar-refractivity contribution >= 4 is 39.2 Å². The number of ether oxygens (including phenoxy) is 1. The number of aromatic nitrogens is 3. The van der Waals surface area contributed by atoms with Gasteiger partial charge in [-0.3, -0.25) is 14.5 Å². The van der Waals surface area contributed by atoms with Gasteiger partial charge in [0.15, 0.2) is 17.4 Å². The zero-order chi connectivity index (χ0) is 27.7. The van der Waals surface area contributed by atoms with Gasteiger partial charge in [-0.15, -0.1) is 11.3 Å². The van der Waals surface area contributed by atoms with Gasteiger partial charge in [-0.1, -0.05) is 0 Å². The number of amides is 2. The predicted molar refractivity (Wildman–Crippen MR) is 143 cm³/mol. The highest BCUT2D eigenvalue weighted by Crippen LogP contribution is 2.27. The highest BCUT2D eigenvalue weighted by molar-refractivity contribution is 7.16. The average molecular weight is 553 g/mol. The van der Waals surface area contributed by atoms with E-state index in [9.17, 15) is 18.4 Å². The number of fused-ring (bicyclic) bond motifs is 1. The molecule has 9 nitrogen and oxygen atoms in total. The van der Waals surface area contributed by atoms with Crippen molar-refractivity contribution in [1.82, 2.24) is 24.8 Å². The van der Waals surface area contributed by atoms with E-state index in [1.54, 1.807) is 18.5 Å². The molecule has 39 heavy (non-hydrogen) atoms. The number of carbonyl (C=O) groups is 2. The molecule has 5 rings (SSSR count). The lowest BCUT2D eigenvalue weighted by molar-refractivity contribution is -0.122. The van der Waals surface area contributed by atoms with Gasteiger partial charge in [0.05, 0.1) is 39.7 Å². The van der Waals surface area contributed by atoms with Crippen LogP contribution in [0.3, 0.4) is 0 Å². The second kappa shape index (κ2) is 10.6. The highest BCUT2D eigenvalue weighted by atomic mass is 32.1. The van der Waals surface area contributed by atoms with Crippen molar-refractivity contribution in [2.75, 3.05) is 25.0 Å². The third-order valence-electron chi connectivity index (χ3n) is 6.67. The predicted octanol–water partition coefficient (Wildman–Crippen LogP) is 4.72. The van der Waals surface area contributed by atoms with E-state index in [1.165, 1.54) is 23.7 Å². The maximum absolute atomic E-state index is 13.8. The molecule has 1 N–H and O–H groups in total. The Morgan fingerprint density at radius 3 is 2.62 bits per heavy atom. The minimum atomic E-state index is -0.867. The number of carbonyl (C=O) groups excluding carboxylic acids is 2. The molecule has 3 heterocycles. The summed E-state index contributed by atoms with van der Waals surface area (Å²) in [6.45, 7) is 7.26. The molecule has 0 aliphatic carbocycles. The van der Waals surface area contributed by atoms with Crippen LogP contribution < -0.4 is 10.1 Å². The molecule has 0 spiro atoms. The summed E-state index contributed by atoms with van der Waals surface area (Å²) in [6, 6.07) is 7.96. The van der Waals surface area contributed by atoms with Crippen LogP contribution in [0.15, 0.2) is 54.3 Å². The Morgan fingerprint density at radius 1 is 1.08 bits per heavy atom. The second-order valence-electron chi connectivity index (χ2n) is 9.86. The molecule has 0 unspecified atom stereocenters. The number of halogens is 2. The molecule has 1 saturated heterocycles. The molecular formula is C27H26F2N6O3S. The van der Waals surface area contributed by atoms with Gasteiger partial charge in [-0.2, -0.15) is 0 Å². The fourth-order valence-corrected chi connectivity index (χ4v) is 5.26. The summed E-state index contributed by atoms with van der Waals surface area (Å²) in [7, 11) is 0. The minimum absolute atomic E-state index is 0.0106. The fraction of sp³-hybridized carbons (Fsp3) is 0.296. The lowest BCUT2D eigenvalue weighted by atomic mass is 9.96. The third-order valence-corrected chi connectivity index (χ3v) is 7.46. The Kier molecular flexibility index (Phi) is 7.23. The van der Waals surface area contributed by atoms with Gasteiger partial charge < -0.3 is 15.0 Å². The molecule has 0 radical (unpaired) electrons. The van der Waals surface area contributed by atoms with E-state index in [-0.39, 0.29) is 29.3 Å². The summed E-state index contributed by atoms with van der Waals surface area (Å²) in [5, 5.41) is 2.73. The van der Waals surface area contributed by atoms with Crippen LogP contribution in [0.1, 0.15) is 31.1 Å².